The molecule has 0 fully saturated rings. The van der Waals surface area contributed by atoms with Crippen molar-refractivity contribution in [3.8, 4) is 0 Å². The van der Waals surface area contributed by atoms with Crippen molar-refractivity contribution < 1.29 is 18.0 Å². The van der Waals surface area contributed by atoms with Crippen LogP contribution in [0.15, 0.2) is 4.34 Å². The fourth-order valence-electron chi connectivity index (χ4n) is 0.790. The Hall–Kier alpha value is -0.830. The van der Waals surface area contributed by atoms with Gasteiger partial charge in [0.25, 0.3) is 0 Å². The van der Waals surface area contributed by atoms with E-state index in [4.69, 9.17) is 0 Å². The summed E-state index contributed by atoms with van der Waals surface area (Å²) in [5.74, 6) is -1.20. The van der Waals surface area contributed by atoms with Crippen molar-refractivity contribution in [1.29, 1.82) is 0 Å². The molecule has 0 bridgehead atoms. The van der Waals surface area contributed by atoms with E-state index in [1.165, 1.54) is 11.8 Å². The molecule has 0 saturated heterocycles. The summed E-state index contributed by atoms with van der Waals surface area (Å²) in [7, 11) is 0. The maximum absolute atomic E-state index is 11.9. The van der Waals surface area contributed by atoms with Gasteiger partial charge in [-0.05, 0) is 6.42 Å². The van der Waals surface area contributed by atoms with Crippen molar-refractivity contribution in [1.82, 2.24) is 10.2 Å². The molecule has 0 saturated carbocycles. The number of rotatable bonds is 5. The smallest absolute Gasteiger partial charge is 0.293 e. The third-order valence-electron chi connectivity index (χ3n) is 1.61. The van der Waals surface area contributed by atoms with Gasteiger partial charge in [0.1, 0.15) is 0 Å². The molecule has 1 amide bonds. The molecule has 96 valence electrons. The largest absolute Gasteiger partial charge is 0.471 e. The van der Waals surface area contributed by atoms with Crippen LogP contribution in [0.2, 0.25) is 0 Å². The van der Waals surface area contributed by atoms with E-state index in [2.05, 4.69) is 10.2 Å². The Labute approximate surface area is 104 Å². The Morgan fingerprint density at radius 3 is 2.76 bits per heavy atom. The molecule has 1 N–H and O–H groups in total. The Morgan fingerprint density at radius 2 is 2.18 bits per heavy atom. The first-order valence-corrected chi connectivity index (χ1v) is 6.58. The number of anilines is 1. The number of alkyl halides is 3. The van der Waals surface area contributed by atoms with Gasteiger partial charge in [0.05, 0.1) is 0 Å². The average Bonchev–Trinajstić information content (AvgIpc) is 2.65. The maximum atomic E-state index is 11.9. The first kappa shape index (κ1) is 14.2. The summed E-state index contributed by atoms with van der Waals surface area (Å²) in [5, 5.41) is 8.66. The second kappa shape index (κ2) is 6.20. The van der Waals surface area contributed by atoms with Crippen LogP contribution >= 0.6 is 23.1 Å². The van der Waals surface area contributed by atoms with Crippen LogP contribution < -0.4 is 5.32 Å². The summed E-state index contributed by atoms with van der Waals surface area (Å²) in [6, 6.07) is 0. The molecule has 1 aromatic rings. The number of halogens is 3. The van der Waals surface area contributed by atoms with Crippen molar-refractivity contribution in [3.63, 3.8) is 0 Å². The van der Waals surface area contributed by atoms with E-state index in [1.54, 1.807) is 5.32 Å². The Morgan fingerprint density at radius 1 is 1.47 bits per heavy atom. The number of hydrogen-bond acceptors (Lipinski definition) is 5. The summed E-state index contributed by atoms with van der Waals surface area (Å²) < 4.78 is 36.3. The van der Waals surface area contributed by atoms with Gasteiger partial charge < -0.3 is 0 Å². The number of aromatic nitrogens is 2. The molecule has 0 aliphatic rings. The number of nitrogens with one attached hydrogen (secondary N) is 1. The highest BCUT2D eigenvalue weighted by Gasteiger charge is 2.39. The van der Waals surface area contributed by atoms with Crippen LogP contribution in [0.5, 0.6) is 0 Å². The second-order valence-corrected chi connectivity index (χ2v) is 5.35. The van der Waals surface area contributed by atoms with Gasteiger partial charge in [-0.25, -0.2) is 0 Å². The van der Waals surface area contributed by atoms with Crippen LogP contribution in [0, 0.1) is 0 Å². The third kappa shape index (κ3) is 4.90. The van der Waals surface area contributed by atoms with Crippen molar-refractivity contribution >= 4 is 34.1 Å². The zero-order valence-corrected chi connectivity index (χ0v) is 10.5. The monoisotopic (exact) mass is 285 g/mol. The van der Waals surface area contributed by atoms with Gasteiger partial charge in [-0.3, -0.25) is 10.1 Å². The normalized spacial score (nSPS) is 11.5. The Kier molecular flexibility index (Phi) is 5.19. The van der Waals surface area contributed by atoms with Crippen molar-refractivity contribution in [2.45, 2.75) is 30.3 Å². The Balaban J connectivity index is 2.48. The fraction of sp³-hybridized carbons (Fsp3) is 0.625. The number of carbonyl (C=O) groups excluding carboxylic acids is 1. The fourth-order valence-corrected chi connectivity index (χ4v) is 2.69. The van der Waals surface area contributed by atoms with Gasteiger partial charge in [0.2, 0.25) is 5.13 Å². The number of hydrogen-bond donors (Lipinski definition) is 1. The first-order valence-electron chi connectivity index (χ1n) is 4.78. The molecular formula is C8H10F3N3OS2. The van der Waals surface area contributed by atoms with Gasteiger partial charge in [-0.15, -0.1) is 10.2 Å². The van der Waals surface area contributed by atoms with E-state index in [0.29, 0.717) is 4.34 Å². The maximum Gasteiger partial charge on any atom is 0.471 e. The van der Waals surface area contributed by atoms with E-state index in [0.717, 1.165) is 29.9 Å². The molecule has 17 heavy (non-hydrogen) atoms. The molecule has 1 heterocycles. The van der Waals surface area contributed by atoms with Crippen LogP contribution in [0.3, 0.4) is 0 Å². The van der Waals surface area contributed by atoms with Crippen molar-refractivity contribution in [2.24, 2.45) is 0 Å². The van der Waals surface area contributed by atoms with Gasteiger partial charge in [0, 0.05) is 5.75 Å². The number of carbonyl (C=O) groups is 1. The minimum Gasteiger partial charge on any atom is -0.293 e. The molecular weight excluding hydrogens is 275 g/mol. The van der Waals surface area contributed by atoms with Crippen LogP contribution in [-0.4, -0.2) is 28.0 Å². The quantitative estimate of drug-likeness (QED) is 0.513. The highest BCUT2D eigenvalue weighted by atomic mass is 32.2. The summed E-state index contributed by atoms with van der Waals surface area (Å²) in [6.45, 7) is 2.04. The Bertz CT molecular complexity index is 380. The molecule has 0 radical (unpaired) electrons. The zero-order chi connectivity index (χ0) is 12.9. The number of thioether (sulfide) groups is 1. The zero-order valence-electron chi connectivity index (χ0n) is 8.87. The predicted octanol–water partition coefficient (Wildman–Crippen LogP) is 2.93. The third-order valence-corrected chi connectivity index (χ3v) is 3.67. The topological polar surface area (TPSA) is 54.9 Å². The highest BCUT2D eigenvalue weighted by molar-refractivity contribution is 8.01. The summed E-state index contributed by atoms with van der Waals surface area (Å²) in [6.07, 6.45) is -2.88. The van der Waals surface area contributed by atoms with Gasteiger partial charge in [0.15, 0.2) is 4.34 Å². The minimum atomic E-state index is -4.90. The summed E-state index contributed by atoms with van der Waals surface area (Å²) in [4.78, 5) is 10.6. The number of amides is 1. The molecule has 0 aliphatic heterocycles. The molecule has 1 rings (SSSR count). The van der Waals surface area contributed by atoms with Crippen LogP contribution in [0.1, 0.15) is 19.8 Å². The lowest BCUT2D eigenvalue weighted by Crippen LogP contribution is -2.29. The van der Waals surface area contributed by atoms with Gasteiger partial charge >= 0.3 is 12.1 Å². The van der Waals surface area contributed by atoms with Crippen molar-refractivity contribution in [3.05, 3.63) is 0 Å². The predicted molar refractivity (Wildman–Crippen MR) is 60.2 cm³/mol. The summed E-state index contributed by atoms with van der Waals surface area (Å²) >= 11 is 2.35. The number of unbranched alkanes of at least 4 members (excludes halogenated alkanes) is 1. The average molecular weight is 285 g/mol. The minimum absolute atomic E-state index is 0.133. The second-order valence-electron chi connectivity index (χ2n) is 3.03. The lowest BCUT2D eigenvalue weighted by molar-refractivity contribution is -0.167. The van der Waals surface area contributed by atoms with Gasteiger partial charge in [-0.2, -0.15) is 13.2 Å². The van der Waals surface area contributed by atoms with E-state index in [1.807, 2.05) is 6.92 Å². The molecule has 0 atom stereocenters. The first-order chi connectivity index (χ1) is 7.93. The molecule has 9 heteroatoms. The standard InChI is InChI=1S/C8H10F3N3OS2/c1-2-3-4-16-7-14-13-6(17-7)12-5(15)8(9,10)11/h2-4H2,1H3,(H,12,13,15). The SMILES string of the molecule is CCCCSc1nnc(NC(=O)C(F)(F)F)s1. The summed E-state index contributed by atoms with van der Waals surface area (Å²) in [5.41, 5.74) is 0. The molecule has 4 nitrogen and oxygen atoms in total. The van der Waals surface area contributed by atoms with Crippen molar-refractivity contribution in [2.75, 3.05) is 11.1 Å². The molecule has 0 unspecified atom stereocenters. The molecule has 1 aromatic heterocycles. The lowest BCUT2D eigenvalue weighted by Gasteiger charge is -2.03. The van der Waals surface area contributed by atoms with E-state index in [-0.39, 0.29) is 5.13 Å². The molecule has 0 aliphatic carbocycles. The van der Waals surface area contributed by atoms with E-state index >= 15 is 0 Å². The van der Waals surface area contributed by atoms with Crippen LogP contribution in [0.4, 0.5) is 18.3 Å². The van der Waals surface area contributed by atoms with Crippen LogP contribution in [0.25, 0.3) is 0 Å². The van der Waals surface area contributed by atoms with Gasteiger partial charge in [-0.1, -0.05) is 36.4 Å². The lowest BCUT2D eigenvalue weighted by atomic mass is 10.4. The highest BCUT2D eigenvalue weighted by Crippen LogP contribution is 2.27. The molecule has 0 spiro atoms. The van der Waals surface area contributed by atoms with E-state index in [9.17, 15) is 18.0 Å². The number of nitrogens with zero attached hydrogens (tertiary/aromatic N) is 2. The molecule has 0 aromatic carbocycles. The van der Waals surface area contributed by atoms with Crippen LogP contribution in [-0.2, 0) is 4.79 Å². The van der Waals surface area contributed by atoms with E-state index < -0.39 is 12.1 Å².